The van der Waals surface area contributed by atoms with Gasteiger partial charge >= 0.3 is 0 Å². The fraction of sp³-hybridized carbons (Fsp3) is 0.143. The van der Waals surface area contributed by atoms with Gasteiger partial charge in [0.15, 0.2) is 5.69 Å². The van der Waals surface area contributed by atoms with Crippen molar-refractivity contribution in [2.24, 2.45) is 7.05 Å². The second-order valence-electron chi connectivity index (χ2n) is 4.92. The normalized spacial score (nSPS) is 10.5. The van der Waals surface area contributed by atoms with Crippen LogP contribution in [0.15, 0.2) is 41.7 Å². The average Bonchev–Trinajstić information content (AvgIpc) is 3.09. The maximum Gasteiger partial charge on any atom is 0.290 e. The van der Waals surface area contributed by atoms with Gasteiger partial charge in [-0.25, -0.2) is 14.3 Å². The molecule has 3 aromatic rings. The Kier molecular flexibility index (Phi) is 4.01. The molecule has 122 valence electrons. The lowest BCUT2D eigenvalue weighted by atomic mass is 10.1. The summed E-state index contributed by atoms with van der Waals surface area (Å²) < 4.78 is 2.38. The van der Waals surface area contributed by atoms with Crippen molar-refractivity contribution < 1.29 is 9.59 Å². The van der Waals surface area contributed by atoms with Gasteiger partial charge in [-0.15, -0.1) is 0 Å². The van der Waals surface area contributed by atoms with Crippen molar-refractivity contribution in [3.8, 4) is 0 Å². The molecule has 24 heavy (non-hydrogen) atoms. The largest absolute Gasteiger partial charge is 0.290 e. The highest BCUT2D eigenvalue weighted by molar-refractivity contribution is 6.05. The summed E-state index contributed by atoms with van der Waals surface area (Å²) in [6.45, 7) is -0.0955. The van der Waals surface area contributed by atoms with E-state index in [4.69, 9.17) is 0 Å². The van der Waals surface area contributed by atoms with E-state index in [-0.39, 0.29) is 17.8 Å². The third-order valence-electron chi connectivity index (χ3n) is 3.26. The molecule has 10 heteroatoms. The number of aryl methyl sites for hydroxylation is 1. The van der Waals surface area contributed by atoms with Gasteiger partial charge in [-0.3, -0.25) is 25.2 Å². The Hall–Kier alpha value is -3.56. The zero-order valence-corrected chi connectivity index (χ0v) is 12.6. The minimum Gasteiger partial charge on any atom is -0.271 e. The van der Waals surface area contributed by atoms with Gasteiger partial charge in [0.1, 0.15) is 19.2 Å². The molecule has 0 saturated carbocycles. The van der Waals surface area contributed by atoms with Gasteiger partial charge in [0, 0.05) is 12.4 Å². The van der Waals surface area contributed by atoms with E-state index in [0.717, 1.165) is 4.68 Å². The summed E-state index contributed by atoms with van der Waals surface area (Å²) in [6, 6.07) is 6.63. The standard InChI is InChI=1S/C14H13N7O3/c1-20-14(24)10-5-3-2-4-9(10)12(19-20)13(23)18-17-11(22)6-21-8-15-7-16-21/h2-5,7-8H,6H2,1H3,(H,17,22)(H,18,23). The molecule has 10 nitrogen and oxygen atoms in total. The number of benzene rings is 1. The van der Waals surface area contributed by atoms with E-state index in [1.807, 2.05) is 0 Å². The molecule has 2 N–H and O–H groups in total. The van der Waals surface area contributed by atoms with Gasteiger partial charge in [0.2, 0.25) is 0 Å². The molecule has 0 bridgehead atoms. The number of carbonyl (C=O) groups is 2. The summed E-state index contributed by atoms with van der Waals surface area (Å²) in [5.74, 6) is -1.11. The van der Waals surface area contributed by atoms with E-state index in [0.29, 0.717) is 10.8 Å². The van der Waals surface area contributed by atoms with Crippen LogP contribution in [0.5, 0.6) is 0 Å². The Labute approximate surface area is 135 Å². The van der Waals surface area contributed by atoms with Crippen LogP contribution in [-0.4, -0.2) is 36.4 Å². The first-order valence-electron chi connectivity index (χ1n) is 6.94. The molecule has 2 amide bonds. The Bertz CT molecular complexity index is 962. The molecule has 0 spiro atoms. The molecule has 0 atom stereocenters. The lowest BCUT2D eigenvalue weighted by Gasteiger charge is -2.09. The predicted octanol–water partition coefficient (Wildman–Crippen LogP) is -1.01. The van der Waals surface area contributed by atoms with E-state index in [1.54, 1.807) is 24.3 Å². The van der Waals surface area contributed by atoms with E-state index < -0.39 is 11.8 Å². The van der Waals surface area contributed by atoms with Crippen molar-refractivity contribution in [3.63, 3.8) is 0 Å². The summed E-state index contributed by atoms with van der Waals surface area (Å²) in [4.78, 5) is 39.8. The first kappa shape index (κ1) is 15.3. The molecule has 0 aliphatic carbocycles. The summed E-state index contributed by atoms with van der Waals surface area (Å²) in [5.41, 5.74) is 4.26. The summed E-state index contributed by atoms with van der Waals surface area (Å²) in [6.07, 6.45) is 2.68. The number of amides is 2. The van der Waals surface area contributed by atoms with Gasteiger partial charge in [0.05, 0.1) is 5.39 Å². The third kappa shape index (κ3) is 2.97. The topological polar surface area (TPSA) is 124 Å². The Morgan fingerprint density at radius 2 is 1.92 bits per heavy atom. The molecule has 0 fully saturated rings. The number of hydrogen-bond acceptors (Lipinski definition) is 6. The first-order chi connectivity index (χ1) is 11.6. The van der Waals surface area contributed by atoms with Crippen molar-refractivity contribution in [2.45, 2.75) is 6.54 Å². The molecule has 0 saturated heterocycles. The van der Waals surface area contributed by atoms with E-state index >= 15 is 0 Å². The van der Waals surface area contributed by atoms with Crippen LogP contribution in [0.3, 0.4) is 0 Å². The zero-order chi connectivity index (χ0) is 17.1. The summed E-state index contributed by atoms with van der Waals surface area (Å²) >= 11 is 0. The summed E-state index contributed by atoms with van der Waals surface area (Å²) in [7, 11) is 1.45. The fourth-order valence-electron chi connectivity index (χ4n) is 2.15. The highest BCUT2D eigenvalue weighted by atomic mass is 16.2. The SMILES string of the molecule is Cn1nc(C(=O)NNC(=O)Cn2cncn2)c2ccccc2c1=O. The van der Waals surface area contributed by atoms with Crippen LogP contribution in [0.2, 0.25) is 0 Å². The van der Waals surface area contributed by atoms with Crippen molar-refractivity contribution >= 4 is 22.6 Å². The molecule has 2 aromatic heterocycles. The smallest absolute Gasteiger partial charge is 0.271 e. The molecule has 2 heterocycles. The van der Waals surface area contributed by atoms with Crippen LogP contribution >= 0.6 is 0 Å². The van der Waals surface area contributed by atoms with E-state index in [2.05, 4.69) is 26.0 Å². The first-order valence-corrected chi connectivity index (χ1v) is 6.94. The summed E-state index contributed by atoms with van der Waals surface area (Å²) in [5, 5.41) is 8.53. The predicted molar refractivity (Wildman–Crippen MR) is 82.6 cm³/mol. The molecule has 1 aromatic carbocycles. The second-order valence-corrected chi connectivity index (χ2v) is 4.92. The van der Waals surface area contributed by atoms with Crippen molar-refractivity contribution in [2.75, 3.05) is 0 Å². The molecule has 0 aliphatic rings. The number of fused-ring (bicyclic) bond motifs is 1. The van der Waals surface area contributed by atoms with Gasteiger partial charge in [-0.05, 0) is 6.07 Å². The van der Waals surface area contributed by atoms with Gasteiger partial charge in [-0.1, -0.05) is 18.2 Å². The molecule has 3 rings (SSSR count). The van der Waals surface area contributed by atoms with Crippen LogP contribution < -0.4 is 16.4 Å². The van der Waals surface area contributed by atoms with E-state index in [1.165, 1.54) is 24.4 Å². The third-order valence-corrected chi connectivity index (χ3v) is 3.26. The Balaban J connectivity index is 1.78. The molecule has 0 unspecified atom stereocenters. The Morgan fingerprint density at radius 1 is 1.17 bits per heavy atom. The minimum absolute atomic E-state index is 0.0359. The molecular formula is C14H13N7O3. The number of rotatable bonds is 3. The van der Waals surface area contributed by atoms with Crippen molar-refractivity contribution in [1.82, 2.24) is 35.4 Å². The fourth-order valence-corrected chi connectivity index (χ4v) is 2.15. The van der Waals surface area contributed by atoms with Gasteiger partial charge in [-0.2, -0.15) is 10.2 Å². The number of nitrogens with one attached hydrogen (secondary N) is 2. The maximum absolute atomic E-state index is 12.3. The highest BCUT2D eigenvalue weighted by Crippen LogP contribution is 2.12. The minimum atomic E-state index is -0.631. The number of aromatic nitrogens is 5. The number of hydrogen-bond donors (Lipinski definition) is 2. The molecule has 0 radical (unpaired) electrons. The zero-order valence-electron chi connectivity index (χ0n) is 12.6. The highest BCUT2D eigenvalue weighted by Gasteiger charge is 2.16. The number of nitrogens with zero attached hydrogens (tertiary/aromatic N) is 5. The van der Waals surface area contributed by atoms with Crippen molar-refractivity contribution in [1.29, 1.82) is 0 Å². The second kappa shape index (κ2) is 6.28. The average molecular weight is 327 g/mol. The number of hydrazine groups is 1. The van der Waals surface area contributed by atoms with Crippen LogP contribution in [0.1, 0.15) is 10.5 Å². The van der Waals surface area contributed by atoms with Gasteiger partial charge < -0.3 is 0 Å². The molecule has 0 aliphatic heterocycles. The maximum atomic E-state index is 12.3. The number of carbonyl (C=O) groups excluding carboxylic acids is 2. The lowest BCUT2D eigenvalue weighted by molar-refractivity contribution is -0.122. The van der Waals surface area contributed by atoms with Crippen LogP contribution in [0, 0.1) is 0 Å². The van der Waals surface area contributed by atoms with Crippen LogP contribution in [0.4, 0.5) is 0 Å². The monoisotopic (exact) mass is 327 g/mol. The van der Waals surface area contributed by atoms with E-state index in [9.17, 15) is 14.4 Å². The van der Waals surface area contributed by atoms with Crippen molar-refractivity contribution in [3.05, 3.63) is 53.0 Å². The lowest BCUT2D eigenvalue weighted by Crippen LogP contribution is -2.44. The van der Waals surface area contributed by atoms with Gasteiger partial charge in [0.25, 0.3) is 17.4 Å². The quantitative estimate of drug-likeness (QED) is 0.594. The van der Waals surface area contributed by atoms with Crippen LogP contribution in [0.25, 0.3) is 10.8 Å². The Morgan fingerprint density at radius 3 is 2.62 bits per heavy atom. The molecular weight excluding hydrogens is 314 g/mol. The van der Waals surface area contributed by atoms with Crippen LogP contribution in [-0.2, 0) is 18.4 Å².